The van der Waals surface area contributed by atoms with E-state index < -0.39 is 18.3 Å². The standard InChI is InChI=1S/C20H21F3N6/c1-11(2)29-12(3)26-18-15(21)7-13(8-16(18)29)14-5-6-28-17(14)9-24-19(27-28)25-10-20(4,22)23/h5-9,11H,10H2,1-4H3,(H,25,27). The molecule has 0 aliphatic carbocycles. The van der Waals surface area contributed by atoms with Crippen molar-refractivity contribution < 1.29 is 13.2 Å². The molecule has 0 aliphatic rings. The fraction of sp³-hybridized carbons (Fsp3) is 0.350. The molecular formula is C20H21F3N6. The van der Waals surface area contributed by atoms with E-state index in [2.05, 4.69) is 20.4 Å². The third-order valence-electron chi connectivity index (χ3n) is 4.73. The lowest BCUT2D eigenvalue weighted by atomic mass is 10.1. The van der Waals surface area contributed by atoms with Crippen LogP contribution in [0.5, 0.6) is 0 Å². The topological polar surface area (TPSA) is 60.0 Å². The van der Waals surface area contributed by atoms with Crippen LogP contribution in [-0.2, 0) is 0 Å². The number of alkyl halides is 2. The van der Waals surface area contributed by atoms with Gasteiger partial charge >= 0.3 is 0 Å². The Bertz CT molecular complexity index is 1200. The molecule has 1 aromatic carbocycles. The monoisotopic (exact) mass is 402 g/mol. The van der Waals surface area contributed by atoms with Gasteiger partial charge in [-0.15, -0.1) is 5.10 Å². The molecule has 3 aromatic heterocycles. The Labute approximate surface area is 165 Å². The number of hydrogen-bond donors (Lipinski definition) is 1. The van der Waals surface area contributed by atoms with E-state index in [-0.39, 0.29) is 12.0 Å². The van der Waals surface area contributed by atoms with Crippen molar-refractivity contribution >= 4 is 22.5 Å². The Balaban J connectivity index is 1.78. The Hall–Kier alpha value is -3.10. The lowest BCUT2D eigenvalue weighted by molar-refractivity contribution is 0.0365. The van der Waals surface area contributed by atoms with Gasteiger partial charge in [-0.05, 0) is 44.5 Å². The molecule has 152 valence electrons. The van der Waals surface area contributed by atoms with E-state index in [0.29, 0.717) is 16.6 Å². The summed E-state index contributed by atoms with van der Waals surface area (Å²) in [7, 11) is 0. The minimum atomic E-state index is -2.87. The molecule has 4 rings (SSSR count). The molecule has 1 N–H and O–H groups in total. The summed E-state index contributed by atoms with van der Waals surface area (Å²) in [4.78, 5) is 8.47. The first kappa shape index (κ1) is 19.2. The third-order valence-corrected chi connectivity index (χ3v) is 4.73. The van der Waals surface area contributed by atoms with Crippen LogP contribution in [-0.4, -0.2) is 36.6 Å². The van der Waals surface area contributed by atoms with Gasteiger partial charge in [-0.3, -0.25) is 0 Å². The predicted molar refractivity (Wildman–Crippen MR) is 106 cm³/mol. The Kier molecular flexibility index (Phi) is 4.48. The predicted octanol–water partition coefficient (Wildman–Crippen LogP) is 4.84. The number of anilines is 1. The first-order valence-electron chi connectivity index (χ1n) is 9.28. The smallest absolute Gasteiger partial charge is 0.262 e. The summed E-state index contributed by atoms with van der Waals surface area (Å²) in [6.45, 7) is 6.16. The Morgan fingerprint density at radius 2 is 1.97 bits per heavy atom. The van der Waals surface area contributed by atoms with Gasteiger partial charge in [0.15, 0.2) is 5.82 Å². The quantitative estimate of drug-likeness (QED) is 0.519. The number of fused-ring (bicyclic) bond motifs is 2. The summed E-state index contributed by atoms with van der Waals surface area (Å²) < 4.78 is 44.4. The van der Waals surface area contributed by atoms with Gasteiger partial charge in [-0.2, -0.15) is 0 Å². The Morgan fingerprint density at radius 3 is 2.66 bits per heavy atom. The lowest BCUT2D eigenvalue weighted by Crippen LogP contribution is -2.24. The number of rotatable bonds is 5. The summed E-state index contributed by atoms with van der Waals surface area (Å²) in [5.41, 5.74) is 3.11. The highest BCUT2D eigenvalue weighted by atomic mass is 19.3. The van der Waals surface area contributed by atoms with Crippen LogP contribution in [0.2, 0.25) is 0 Å². The van der Waals surface area contributed by atoms with Crippen LogP contribution in [0.1, 0.15) is 32.6 Å². The number of halogens is 3. The second-order valence-corrected chi connectivity index (χ2v) is 7.51. The second kappa shape index (κ2) is 6.75. The molecule has 9 heteroatoms. The van der Waals surface area contributed by atoms with Gasteiger partial charge in [0, 0.05) is 24.7 Å². The number of aryl methyl sites for hydroxylation is 1. The van der Waals surface area contributed by atoms with Crippen molar-refractivity contribution in [2.75, 3.05) is 11.9 Å². The zero-order chi connectivity index (χ0) is 20.9. The SMILES string of the molecule is Cc1nc2c(F)cc(-c3ccn4nc(NCC(C)(F)F)ncc34)cc2n1C(C)C. The number of nitrogens with zero attached hydrogens (tertiary/aromatic N) is 5. The van der Waals surface area contributed by atoms with E-state index >= 15 is 0 Å². The van der Waals surface area contributed by atoms with Gasteiger partial charge in [0.2, 0.25) is 5.95 Å². The molecule has 0 atom stereocenters. The first-order valence-corrected chi connectivity index (χ1v) is 9.28. The van der Waals surface area contributed by atoms with Gasteiger partial charge in [0.25, 0.3) is 5.92 Å². The molecule has 0 radical (unpaired) electrons. The number of nitrogens with one attached hydrogen (secondary N) is 1. The van der Waals surface area contributed by atoms with E-state index in [0.717, 1.165) is 23.8 Å². The highest BCUT2D eigenvalue weighted by Crippen LogP contribution is 2.32. The zero-order valence-corrected chi connectivity index (χ0v) is 16.5. The minimum absolute atomic E-state index is 0.0938. The molecule has 0 saturated heterocycles. The molecule has 0 amide bonds. The van der Waals surface area contributed by atoms with E-state index in [9.17, 15) is 13.2 Å². The van der Waals surface area contributed by atoms with Crippen molar-refractivity contribution in [3.63, 3.8) is 0 Å². The van der Waals surface area contributed by atoms with E-state index in [1.165, 1.54) is 16.8 Å². The summed E-state index contributed by atoms with van der Waals surface area (Å²) in [5.74, 6) is -2.43. The van der Waals surface area contributed by atoms with Gasteiger partial charge in [-0.1, -0.05) is 0 Å². The fourth-order valence-corrected chi connectivity index (χ4v) is 3.54. The van der Waals surface area contributed by atoms with Crippen LogP contribution >= 0.6 is 0 Å². The maximum absolute atomic E-state index is 14.8. The summed E-state index contributed by atoms with van der Waals surface area (Å²) in [6.07, 6.45) is 3.22. The molecule has 6 nitrogen and oxygen atoms in total. The molecule has 0 bridgehead atoms. The summed E-state index contributed by atoms with van der Waals surface area (Å²) >= 11 is 0. The summed E-state index contributed by atoms with van der Waals surface area (Å²) in [5, 5.41) is 6.73. The van der Waals surface area contributed by atoms with Crippen molar-refractivity contribution in [2.45, 2.75) is 39.7 Å². The highest BCUT2D eigenvalue weighted by molar-refractivity contribution is 5.88. The molecule has 3 heterocycles. The number of aromatic nitrogens is 5. The van der Waals surface area contributed by atoms with Crippen LogP contribution in [0.25, 0.3) is 27.7 Å². The fourth-order valence-electron chi connectivity index (χ4n) is 3.54. The minimum Gasteiger partial charge on any atom is -0.347 e. The van der Waals surface area contributed by atoms with Crippen molar-refractivity contribution in [3.8, 4) is 11.1 Å². The van der Waals surface area contributed by atoms with Gasteiger partial charge in [0.05, 0.1) is 23.8 Å². The lowest BCUT2D eigenvalue weighted by Gasteiger charge is -2.12. The van der Waals surface area contributed by atoms with Crippen molar-refractivity contribution in [1.82, 2.24) is 24.1 Å². The maximum Gasteiger partial charge on any atom is 0.262 e. The molecule has 0 saturated carbocycles. The van der Waals surface area contributed by atoms with Crippen LogP contribution in [0.4, 0.5) is 19.1 Å². The zero-order valence-electron chi connectivity index (χ0n) is 16.5. The van der Waals surface area contributed by atoms with Gasteiger partial charge in [-0.25, -0.2) is 27.7 Å². The molecule has 0 unspecified atom stereocenters. The average molecular weight is 402 g/mol. The van der Waals surface area contributed by atoms with Crippen molar-refractivity contribution in [1.29, 1.82) is 0 Å². The van der Waals surface area contributed by atoms with Crippen LogP contribution in [0.15, 0.2) is 30.6 Å². The number of hydrogen-bond acceptors (Lipinski definition) is 4. The average Bonchev–Trinajstić information content (AvgIpc) is 3.19. The van der Waals surface area contributed by atoms with Gasteiger partial charge in [0.1, 0.15) is 11.3 Å². The van der Waals surface area contributed by atoms with Crippen LogP contribution < -0.4 is 5.32 Å². The highest BCUT2D eigenvalue weighted by Gasteiger charge is 2.21. The summed E-state index contributed by atoms with van der Waals surface area (Å²) in [6, 6.07) is 5.27. The molecule has 29 heavy (non-hydrogen) atoms. The van der Waals surface area contributed by atoms with Crippen molar-refractivity contribution in [2.24, 2.45) is 0 Å². The van der Waals surface area contributed by atoms with Crippen LogP contribution in [0.3, 0.4) is 0 Å². The number of benzene rings is 1. The van der Waals surface area contributed by atoms with E-state index in [1.807, 2.05) is 31.4 Å². The first-order chi connectivity index (χ1) is 13.6. The molecule has 4 aromatic rings. The van der Waals surface area contributed by atoms with Crippen molar-refractivity contribution in [3.05, 3.63) is 42.2 Å². The normalized spacial score (nSPS) is 12.4. The van der Waals surface area contributed by atoms with Gasteiger partial charge < -0.3 is 9.88 Å². The van der Waals surface area contributed by atoms with Crippen LogP contribution in [0, 0.1) is 12.7 Å². The van der Waals surface area contributed by atoms with E-state index in [1.54, 1.807) is 12.3 Å². The molecule has 0 spiro atoms. The van der Waals surface area contributed by atoms with E-state index in [4.69, 9.17) is 0 Å². The Morgan fingerprint density at radius 1 is 1.21 bits per heavy atom. The maximum atomic E-state index is 14.8. The molecule has 0 aliphatic heterocycles. The number of imidazole rings is 1. The molecular weight excluding hydrogens is 381 g/mol. The third kappa shape index (κ3) is 3.52. The second-order valence-electron chi connectivity index (χ2n) is 7.51. The largest absolute Gasteiger partial charge is 0.347 e. The molecule has 0 fully saturated rings.